The van der Waals surface area contributed by atoms with Crippen LogP contribution in [0, 0.1) is 5.92 Å². The molecule has 1 atom stereocenters. The van der Waals surface area contributed by atoms with Crippen LogP contribution in [0.25, 0.3) is 0 Å². The lowest BCUT2D eigenvalue weighted by molar-refractivity contribution is 0.0262. The summed E-state index contributed by atoms with van der Waals surface area (Å²) in [5.41, 5.74) is 5.33. The Morgan fingerprint density at radius 2 is 2.07 bits per heavy atom. The van der Waals surface area contributed by atoms with E-state index in [4.69, 9.17) is 10.5 Å². The standard InChI is InChI=1S/C10H24N2O2/c1-9(2)7-14-8-10(13)6-12-5-3-4-11/h9-10,12-13H,3-8,11H2,1-2H3. The second-order valence-electron chi connectivity index (χ2n) is 3.93. The zero-order valence-corrected chi connectivity index (χ0v) is 9.33. The Morgan fingerprint density at radius 3 is 2.64 bits per heavy atom. The highest BCUT2D eigenvalue weighted by Gasteiger charge is 2.03. The molecule has 0 amide bonds. The Labute approximate surface area is 86.8 Å². The molecule has 0 aliphatic carbocycles. The fourth-order valence-corrected chi connectivity index (χ4v) is 0.994. The van der Waals surface area contributed by atoms with Gasteiger partial charge in [0.2, 0.25) is 0 Å². The number of nitrogens with two attached hydrogens (primary N) is 1. The third-order valence-corrected chi connectivity index (χ3v) is 1.70. The SMILES string of the molecule is CC(C)COCC(O)CNCCCN. The highest BCUT2D eigenvalue weighted by molar-refractivity contribution is 4.58. The molecule has 0 fully saturated rings. The van der Waals surface area contributed by atoms with Gasteiger partial charge in [0, 0.05) is 13.2 Å². The number of nitrogens with one attached hydrogen (secondary N) is 1. The highest BCUT2D eigenvalue weighted by Crippen LogP contribution is 1.93. The van der Waals surface area contributed by atoms with Crippen LogP contribution in [-0.4, -0.2) is 44.1 Å². The van der Waals surface area contributed by atoms with E-state index < -0.39 is 6.10 Å². The summed E-state index contributed by atoms with van der Waals surface area (Å²) in [6.07, 6.45) is 0.533. The van der Waals surface area contributed by atoms with Gasteiger partial charge in [-0.25, -0.2) is 0 Å². The lowest BCUT2D eigenvalue weighted by Gasteiger charge is -2.13. The summed E-state index contributed by atoms with van der Waals surface area (Å²) >= 11 is 0. The monoisotopic (exact) mass is 204 g/mol. The van der Waals surface area contributed by atoms with Crippen molar-refractivity contribution in [3.8, 4) is 0 Å². The molecule has 0 rings (SSSR count). The first-order valence-electron chi connectivity index (χ1n) is 5.33. The maximum absolute atomic E-state index is 9.44. The van der Waals surface area contributed by atoms with Gasteiger partial charge in [0.25, 0.3) is 0 Å². The molecule has 4 heteroatoms. The van der Waals surface area contributed by atoms with Crippen molar-refractivity contribution >= 4 is 0 Å². The van der Waals surface area contributed by atoms with E-state index >= 15 is 0 Å². The Kier molecular flexibility index (Phi) is 9.29. The van der Waals surface area contributed by atoms with Gasteiger partial charge in [-0.05, 0) is 25.4 Å². The lowest BCUT2D eigenvalue weighted by Crippen LogP contribution is -2.32. The molecule has 0 aromatic rings. The van der Waals surface area contributed by atoms with Crippen molar-refractivity contribution in [2.45, 2.75) is 26.4 Å². The molecule has 0 radical (unpaired) electrons. The second-order valence-corrected chi connectivity index (χ2v) is 3.93. The highest BCUT2D eigenvalue weighted by atomic mass is 16.5. The topological polar surface area (TPSA) is 67.5 Å². The predicted molar refractivity (Wildman–Crippen MR) is 58.2 cm³/mol. The predicted octanol–water partition coefficient (Wildman–Crippen LogP) is -0.0417. The fraction of sp³-hybridized carbons (Fsp3) is 1.00. The van der Waals surface area contributed by atoms with Crippen LogP contribution in [0.2, 0.25) is 0 Å². The Bertz CT molecular complexity index is 121. The zero-order chi connectivity index (χ0) is 10.8. The number of hydrogen-bond donors (Lipinski definition) is 3. The minimum Gasteiger partial charge on any atom is -0.389 e. The van der Waals surface area contributed by atoms with Gasteiger partial charge >= 0.3 is 0 Å². The summed E-state index contributed by atoms with van der Waals surface area (Å²) in [6.45, 7) is 7.42. The van der Waals surface area contributed by atoms with E-state index in [9.17, 15) is 5.11 Å². The van der Waals surface area contributed by atoms with Crippen molar-refractivity contribution in [2.24, 2.45) is 11.7 Å². The summed E-state index contributed by atoms with van der Waals surface area (Å²) in [6, 6.07) is 0. The van der Waals surface area contributed by atoms with Crippen LogP contribution >= 0.6 is 0 Å². The van der Waals surface area contributed by atoms with Gasteiger partial charge in [0.15, 0.2) is 0 Å². The molecular formula is C10H24N2O2. The van der Waals surface area contributed by atoms with Crippen LogP contribution < -0.4 is 11.1 Å². The Hall–Kier alpha value is -0.160. The number of hydrogen-bond acceptors (Lipinski definition) is 4. The van der Waals surface area contributed by atoms with Gasteiger partial charge in [-0.1, -0.05) is 13.8 Å². The van der Waals surface area contributed by atoms with E-state index in [1.165, 1.54) is 0 Å². The number of rotatable bonds is 9. The van der Waals surface area contributed by atoms with Crippen LogP contribution in [0.5, 0.6) is 0 Å². The molecule has 0 spiro atoms. The smallest absolute Gasteiger partial charge is 0.0897 e. The molecule has 14 heavy (non-hydrogen) atoms. The summed E-state index contributed by atoms with van der Waals surface area (Å²) in [4.78, 5) is 0. The molecule has 86 valence electrons. The summed E-state index contributed by atoms with van der Waals surface area (Å²) in [5.74, 6) is 0.521. The van der Waals surface area contributed by atoms with Crippen molar-refractivity contribution < 1.29 is 9.84 Å². The largest absolute Gasteiger partial charge is 0.389 e. The molecule has 4 N–H and O–H groups in total. The molecule has 0 aromatic carbocycles. The van der Waals surface area contributed by atoms with Crippen LogP contribution in [0.3, 0.4) is 0 Å². The third-order valence-electron chi connectivity index (χ3n) is 1.70. The Balaban J connectivity index is 3.15. The maximum Gasteiger partial charge on any atom is 0.0897 e. The Morgan fingerprint density at radius 1 is 1.36 bits per heavy atom. The second kappa shape index (κ2) is 9.40. The van der Waals surface area contributed by atoms with E-state index in [0.717, 1.165) is 13.0 Å². The summed E-state index contributed by atoms with van der Waals surface area (Å²) in [5, 5.41) is 12.6. The van der Waals surface area contributed by atoms with E-state index in [1.807, 2.05) is 0 Å². The molecule has 0 aromatic heterocycles. The van der Waals surface area contributed by atoms with Crippen molar-refractivity contribution in [2.75, 3.05) is 32.8 Å². The number of aliphatic hydroxyl groups excluding tert-OH is 1. The first kappa shape index (κ1) is 13.8. The fourth-order valence-electron chi connectivity index (χ4n) is 0.994. The van der Waals surface area contributed by atoms with Gasteiger partial charge in [-0.2, -0.15) is 0 Å². The van der Waals surface area contributed by atoms with E-state index in [1.54, 1.807) is 0 Å². The summed E-state index contributed by atoms with van der Waals surface area (Å²) < 4.78 is 5.30. The van der Waals surface area contributed by atoms with Crippen molar-refractivity contribution in [1.29, 1.82) is 0 Å². The number of ether oxygens (including phenoxy) is 1. The zero-order valence-electron chi connectivity index (χ0n) is 9.33. The number of aliphatic hydroxyl groups is 1. The van der Waals surface area contributed by atoms with Crippen LogP contribution in [0.15, 0.2) is 0 Å². The molecule has 0 heterocycles. The molecule has 4 nitrogen and oxygen atoms in total. The molecule has 0 bridgehead atoms. The van der Waals surface area contributed by atoms with Crippen LogP contribution in [0.4, 0.5) is 0 Å². The van der Waals surface area contributed by atoms with Gasteiger partial charge in [-0.15, -0.1) is 0 Å². The van der Waals surface area contributed by atoms with Gasteiger partial charge in [0.1, 0.15) is 0 Å². The van der Waals surface area contributed by atoms with Crippen LogP contribution in [-0.2, 0) is 4.74 Å². The normalized spacial score (nSPS) is 13.5. The van der Waals surface area contributed by atoms with Gasteiger partial charge in [-0.3, -0.25) is 0 Å². The lowest BCUT2D eigenvalue weighted by atomic mass is 10.2. The van der Waals surface area contributed by atoms with Crippen LogP contribution in [0.1, 0.15) is 20.3 Å². The average molecular weight is 204 g/mol. The van der Waals surface area contributed by atoms with E-state index in [2.05, 4.69) is 19.2 Å². The first-order valence-corrected chi connectivity index (χ1v) is 5.33. The van der Waals surface area contributed by atoms with Crippen molar-refractivity contribution in [3.63, 3.8) is 0 Å². The van der Waals surface area contributed by atoms with E-state index in [0.29, 0.717) is 32.2 Å². The minimum atomic E-state index is -0.411. The minimum absolute atomic E-state index is 0.411. The first-order chi connectivity index (χ1) is 6.66. The van der Waals surface area contributed by atoms with Gasteiger partial charge < -0.3 is 20.9 Å². The summed E-state index contributed by atoms with van der Waals surface area (Å²) in [7, 11) is 0. The van der Waals surface area contributed by atoms with Gasteiger partial charge in [0.05, 0.1) is 12.7 Å². The average Bonchev–Trinajstić information content (AvgIpc) is 2.12. The molecule has 1 unspecified atom stereocenters. The molecule has 0 aliphatic heterocycles. The van der Waals surface area contributed by atoms with Crippen molar-refractivity contribution in [3.05, 3.63) is 0 Å². The molecule has 0 saturated heterocycles. The quantitative estimate of drug-likeness (QED) is 0.461. The third kappa shape index (κ3) is 9.92. The molecular weight excluding hydrogens is 180 g/mol. The molecule has 0 saturated carbocycles. The molecule has 0 aliphatic rings. The van der Waals surface area contributed by atoms with Crippen molar-refractivity contribution in [1.82, 2.24) is 5.32 Å². The maximum atomic E-state index is 9.44. The van der Waals surface area contributed by atoms with E-state index in [-0.39, 0.29) is 0 Å².